The lowest BCUT2D eigenvalue weighted by atomic mass is 9.86. The van der Waals surface area contributed by atoms with Crippen molar-refractivity contribution in [3.05, 3.63) is 100 Å². The van der Waals surface area contributed by atoms with Crippen LogP contribution in [0, 0.1) is 11.9 Å². The number of allylic oxidation sites excluding steroid dienone is 1. The Bertz CT molecular complexity index is 1420. The molecule has 5 rings (SSSR count). The summed E-state index contributed by atoms with van der Waals surface area (Å²) >= 11 is 6.57. The van der Waals surface area contributed by atoms with E-state index in [0.29, 0.717) is 21.8 Å². The van der Waals surface area contributed by atoms with Gasteiger partial charge in [0.15, 0.2) is 0 Å². The van der Waals surface area contributed by atoms with Crippen LogP contribution in [0.5, 0.6) is 0 Å². The first-order valence-corrected chi connectivity index (χ1v) is 10.9. The highest BCUT2D eigenvalue weighted by molar-refractivity contribution is 6.32. The van der Waals surface area contributed by atoms with Gasteiger partial charge in [0.25, 0.3) is 0 Å². The lowest BCUT2D eigenvalue weighted by molar-refractivity contribution is -0.131. The number of pyridine rings is 1. The van der Waals surface area contributed by atoms with Crippen molar-refractivity contribution in [2.24, 2.45) is 5.92 Å². The molecule has 7 heteroatoms. The molecular weight excluding hydrogens is 441 g/mol. The molecule has 2 N–H and O–H groups in total. The van der Waals surface area contributed by atoms with Crippen molar-refractivity contribution < 1.29 is 14.3 Å². The second-order valence-corrected chi connectivity index (χ2v) is 8.39. The number of H-pyrrole nitrogens is 1. The molecule has 1 aliphatic carbocycles. The predicted molar refractivity (Wildman–Crippen MR) is 127 cm³/mol. The first kappa shape index (κ1) is 21.1. The van der Waals surface area contributed by atoms with Crippen molar-refractivity contribution in [2.75, 3.05) is 0 Å². The Labute approximate surface area is 194 Å². The van der Waals surface area contributed by atoms with E-state index in [1.54, 1.807) is 24.5 Å². The second kappa shape index (κ2) is 8.64. The van der Waals surface area contributed by atoms with Crippen LogP contribution >= 0.6 is 11.6 Å². The third kappa shape index (κ3) is 4.30. The van der Waals surface area contributed by atoms with Gasteiger partial charge in [0.2, 0.25) is 5.95 Å². The molecule has 0 spiro atoms. The van der Waals surface area contributed by atoms with Gasteiger partial charge in [-0.2, -0.15) is 4.39 Å². The van der Waals surface area contributed by atoms with Crippen molar-refractivity contribution >= 4 is 45.7 Å². The maximum atomic E-state index is 14.3. The Morgan fingerprint density at radius 1 is 1.12 bits per heavy atom. The number of carboxylic acid groups (broad SMARTS) is 1. The molecule has 2 heterocycles. The monoisotopic (exact) mass is 459 g/mol. The maximum absolute atomic E-state index is 14.3. The van der Waals surface area contributed by atoms with Gasteiger partial charge in [-0.25, -0.2) is 4.79 Å². The van der Waals surface area contributed by atoms with Gasteiger partial charge in [-0.1, -0.05) is 41.9 Å². The summed E-state index contributed by atoms with van der Waals surface area (Å²) in [5, 5.41) is 16.3. The van der Waals surface area contributed by atoms with E-state index < -0.39 is 11.9 Å². The zero-order valence-electron chi connectivity index (χ0n) is 17.4. The predicted octanol–water partition coefficient (Wildman–Crippen LogP) is 6.22. The minimum Gasteiger partial charge on any atom is -0.478 e. The van der Waals surface area contributed by atoms with Crippen LogP contribution in [0.25, 0.3) is 28.1 Å². The molecule has 1 fully saturated rings. The summed E-state index contributed by atoms with van der Waals surface area (Å²) in [6.07, 6.45) is 8.09. The van der Waals surface area contributed by atoms with Crippen LogP contribution in [-0.4, -0.2) is 26.3 Å². The maximum Gasteiger partial charge on any atom is 0.328 e. The van der Waals surface area contributed by atoms with Gasteiger partial charge < -0.3 is 5.11 Å². The van der Waals surface area contributed by atoms with Crippen molar-refractivity contribution in [1.82, 2.24) is 15.2 Å². The second-order valence-electron chi connectivity index (χ2n) is 7.99. The molecule has 5 nitrogen and oxygen atoms in total. The van der Waals surface area contributed by atoms with E-state index in [-0.39, 0.29) is 0 Å². The molecule has 0 unspecified atom stereocenters. The molecule has 0 amide bonds. The summed E-state index contributed by atoms with van der Waals surface area (Å²) in [4.78, 5) is 15.0. The lowest BCUT2D eigenvalue weighted by Crippen LogP contribution is -1.99. The highest BCUT2D eigenvalue weighted by atomic mass is 35.5. The number of rotatable bonds is 6. The molecule has 33 heavy (non-hydrogen) atoms. The Balaban J connectivity index is 1.74. The molecule has 0 saturated heterocycles. The van der Waals surface area contributed by atoms with Gasteiger partial charge in [-0.3, -0.25) is 10.1 Å². The number of hydrogen-bond acceptors (Lipinski definition) is 3. The van der Waals surface area contributed by atoms with Gasteiger partial charge in [0.05, 0.1) is 15.9 Å². The number of aromatic nitrogens is 3. The Morgan fingerprint density at radius 3 is 2.58 bits per heavy atom. The number of hydrogen-bond donors (Lipinski definition) is 2. The third-order valence-electron chi connectivity index (χ3n) is 5.74. The van der Waals surface area contributed by atoms with E-state index in [0.717, 1.165) is 52.3 Å². The van der Waals surface area contributed by atoms with Crippen LogP contribution in [0.15, 0.2) is 67.0 Å². The Kier molecular flexibility index (Phi) is 5.52. The van der Waals surface area contributed by atoms with Gasteiger partial charge >= 0.3 is 5.97 Å². The standard InChI is InChI=1S/C26H19ClFN3O2/c27-21-14-29-12-11-19(21)25(17-6-7-17)24(16-4-1-15(2-5-16)3-10-23(32)33)18-8-9-22-20(13-18)26(28)31-30-22/h1-5,8-14,17H,6-7H2,(H,30,31)(H,32,33)/b10-3+,25-24+. The lowest BCUT2D eigenvalue weighted by Gasteiger charge is -2.18. The van der Waals surface area contributed by atoms with E-state index in [4.69, 9.17) is 16.7 Å². The van der Waals surface area contributed by atoms with Gasteiger partial charge in [0.1, 0.15) is 0 Å². The van der Waals surface area contributed by atoms with Gasteiger partial charge in [-0.05, 0) is 70.9 Å². The molecule has 1 aliphatic rings. The number of benzene rings is 2. The average molecular weight is 460 g/mol. The molecular formula is C26H19ClFN3O2. The topological polar surface area (TPSA) is 78.9 Å². The van der Waals surface area contributed by atoms with Crippen molar-refractivity contribution in [2.45, 2.75) is 12.8 Å². The summed E-state index contributed by atoms with van der Waals surface area (Å²) in [6.45, 7) is 0. The minimum absolute atomic E-state index is 0.330. The zero-order valence-corrected chi connectivity index (χ0v) is 18.2. The van der Waals surface area contributed by atoms with Gasteiger partial charge in [-0.15, -0.1) is 5.10 Å². The minimum atomic E-state index is -1.00. The van der Waals surface area contributed by atoms with Crippen LogP contribution in [0.3, 0.4) is 0 Å². The first-order chi connectivity index (χ1) is 16.0. The smallest absolute Gasteiger partial charge is 0.328 e. The molecule has 0 aliphatic heterocycles. The number of nitrogens with zero attached hydrogens (tertiary/aromatic N) is 2. The molecule has 0 atom stereocenters. The fraction of sp³-hybridized carbons (Fsp3) is 0.115. The van der Waals surface area contributed by atoms with Crippen molar-refractivity contribution in [3.8, 4) is 0 Å². The number of aromatic amines is 1. The summed E-state index contributed by atoms with van der Waals surface area (Å²) in [7, 11) is 0. The number of fused-ring (bicyclic) bond motifs is 1. The Morgan fingerprint density at radius 2 is 1.88 bits per heavy atom. The zero-order chi connectivity index (χ0) is 22.9. The van der Waals surface area contributed by atoms with Crippen molar-refractivity contribution in [3.63, 3.8) is 0 Å². The molecule has 0 radical (unpaired) electrons. The fourth-order valence-electron chi connectivity index (χ4n) is 4.07. The van der Waals surface area contributed by atoms with Crippen LogP contribution in [0.4, 0.5) is 4.39 Å². The third-order valence-corrected chi connectivity index (χ3v) is 6.04. The SMILES string of the molecule is O=C(O)/C=C/c1ccc(/C(=C(\c2ccncc2Cl)C2CC2)c2ccc3[nH]nc(F)c3c2)cc1. The summed E-state index contributed by atoms with van der Waals surface area (Å²) < 4.78 is 14.3. The Hall–Kier alpha value is -3.77. The van der Waals surface area contributed by atoms with E-state index in [2.05, 4.69) is 15.2 Å². The number of nitrogens with one attached hydrogen (secondary N) is 1. The number of carboxylic acids is 1. The largest absolute Gasteiger partial charge is 0.478 e. The highest BCUT2D eigenvalue weighted by Crippen LogP contribution is 2.49. The molecule has 2 aromatic heterocycles. The van der Waals surface area contributed by atoms with Gasteiger partial charge in [0, 0.05) is 24.0 Å². The number of halogens is 2. The normalized spacial score (nSPS) is 14.6. The molecule has 4 aromatic rings. The van der Waals surface area contributed by atoms with Crippen LogP contribution in [0.1, 0.15) is 35.1 Å². The van der Waals surface area contributed by atoms with Crippen LogP contribution < -0.4 is 0 Å². The number of carbonyl (C=O) groups is 1. The molecule has 164 valence electrons. The highest BCUT2D eigenvalue weighted by Gasteiger charge is 2.31. The van der Waals surface area contributed by atoms with Crippen molar-refractivity contribution in [1.29, 1.82) is 0 Å². The fourth-order valence-corrected chi connectivity index (χ4v) is 4.29. The number of aliphatic carboxylic acids is 1. The van der Waals surface area contributed by atoms with E-state index in [1.165, 1.54) is 0 Å². The summed E-state index contributed by atoms with van der Waals surface area (Å²) in [6, 6.07) is 15.1. The average Bonchev–Trinajstić information content (AvgIpc) is 3.59. The summed E-state index contributed by atoms with van der Waals surface area (Å²) in [5.74, 6) is -1.22. The first-order valence-electron chi connectivity index (χ1n) is 10.5. The summed E-state index contributed by atoms with van der Waals surface area (Å²) in [5.41, 5.74) is 6.14. The van der Waals surface area contributed by atoms with E-state index in [1.807, 2.05) is 42.5 Å². The van der Waals surface area contributed by atoms with E-state index >= 15 is 0 Å². The molecule has 0 bridgehead atoms. The molecule has 2 aromatic carbocycles. The quantitative estimate of drug-likeness (QED) is 0.335. The van der Waals surface area contributed by atoms with Crippen LogP contribution in [0.2, 0.25) is 5.02 Å². The molecule has 1 saturated carbocycles. The van der Waals surface area contributed by atoms with Crippen LogP contribution in [-0.2, 0) is 4.79 Å². The van der Waals surface area contributed by atoms with E-state index in [9.17, 15) is 9.18 Å².